The number of anilines is 1. The molecular formula is C26H29FN2O4. The summed E-state index contributed by atoms with van der Waals surface area (Å²) in [5.74, 6) is -1.09. The first-order chi connectivity index (χ1) is 15.8. The molecule has 0 bridgehead atoms. The summed E-state index contributed by atoms with van der Waals surface area (Å²) in [7, 11) is 0. The summed E-state index contributed by atoms with van der Waals surface area (Å²) >= 11 is 0. The molecule has 0 unspecified atom stereocenters. The van der Waals surface area contributed by atoms with Crippen molar-refractivity contribution in [2.45, 2.75) is 52.6 Å². The van der Waals surface area contributed by atoms with Crippen molar-refractivity contribution in [3.63, 3.8) is 0 Å². The maximum absolute atomic E-state index is 13.5. The standard InChI is InChI=1S/C26H29FN2O4/c1-3-12-26(13-4-2,25(31)32)16-24(30)29-20-6-5-7-22(15-20)33-17-21-11-9-18-8-10-19(27)14-23(18)28-21/h5-11,14-15H,3-4,12-13,16-17H2,1-2H3,(H,29,30)(H,31,32). The van der Waals surface area contributed by atoms with Gasteiger partial charge in [0.05, 0.1) is 16.6 Å². The number of aromatic nitrogens is 1. The molecule has 1 heterocycles. The Labute approximate surface area is 192 Å². The third kappa shape index (κ3) is 6.28. The van der Waals surface area contributed by atoms with Gasteiger partial charge >= 0.3 is 5.97 Å². The number of hydrogen-bond acceptors (Lipinski definition) is 4. The Bertz CT molecular complexity index is 1130. The molecule has 3 rings (SSSR count). The summed E-state index contributed by atoms with van der Waals surface area (Å²) in [5, 5.41) is 13.4. The number of amides is 1. The number of benzene rings is 2. The lowest BCUT2D eigenvalue weighted by Gasteiger charge is -2.28. The summed E-state index contributed by atoms with van der Waals surface area (Å²) in [4.78, 5) is 29.0. The molecule has 0 atom stereocenters. The third-order valence-electron chi connectivity index (χ3n) is 5.63. The number of nitrogens with zero attached hydrogens (tertiary/aromatic N) is 1. The number of fused-ring (bicyclic) bond motifs is 1. The van der Waals surface area contributed by atoms with E-state index in [0.29, 0.717) is 48.3 Å². The van der Waals surface area contributed by atoms with Crippen molar-refractivity contribution in [1.29, 1.82) is 0 Å². The molecule has 7 heteroatoms. The molecule has 0 aliphatic heterocycles. The van der Waals surface area contributed by atoms with Crippen molar-refractivity contribution < 1.29 is 23.8 Å². The van der Waals surface area contributed by atoms with Crippen LogP contribution in [0, 0.1) is 11.2 Å². The second-order valence-electron chi connectivity index (χ2n) is 8.27. The number of carbonyl (C=O) groups is 2. The van der Waals surface area contributed by atoms with Crippen LogP contribution in [0.25, 0.3) is 10.9 Å². The number of hydrogen-bond donors (Lipinski definition) is 2. The predicted octanol–water partition coefficient (Wildman–Crippen LogP) is 5.95. The molecule has 6 nitrogen and oxygen atoms in total. The molecule has 33 heavy (non-hydrogen) atoms. The molecule has 2 aromatic carbocycles. The molecule has 0 spiro atoms. The lowest BCUT2D eigenvalue weighted by Crippen LogP contribution is -2.35. The molecule has 0 aliphatic carbocycles. The minimum atomic E-state index is -1.05. The average Bonchev–Trinajstić information content (AvgIpc) is 2.77. The summed E-state index contributed by atoms with van der Waals surface area (Å²) in [5.41, 5.74) is 0.674. The minimum absolute atomic E-state index is 0.0767. The van der Waals surface area contributed by atoms with E-state index in [1.54, 1.807) is 30.3 Å². The highest BCUT2D eigenvalue weighted by Crippen LogP contribution is 2.35. The number of ether oxygens (including phenoxy) is 1. The number of aliphatic carboxylic acids is 1. The van der Waals surface area contributed by atoms with E-state index in [-0.39, 0.29) is 24.8 Å². The van der Waals surface area contributed by atoms with Gasteiger partial charge in [0.25, 0.3) is 0 Å². The first kappa shape index (κ1) is 24.2. The molecule has 1 amide bonds. The largest absolute Gasteiger partial charge is 0.487 e. The number of halogens is 1. The highest BCUT2D eigenvalue weighted by Gasteiger charge is 2.38. The van der Waals surface area contributed by atoms with Gasteiger partial charge in [0, 0.05) is 29.6 Å². The smallest absolute Gasteiger partial charge is 0.310 e. The molecule has 0 saturated carbocycles. The molecule has 0 saturated heterocycles. The van der Waals surface area contributed by atoms with Crippen LogP contribution in [0.15, 0.2) is 54.6 Å². The Balaban J connectivity index is 1.65. The van der Waals surface area contributed by atoms with E-state index in [9.17, 15) is 19.1 Å². The van der Waals surface area contributed by atoms with Crippen LogP contribution in [-0.2, 0) is 16.2 Å². The summed E-state index contributed by atoms with van der Waals surface area (Å²) in [6.07, 6.45) is 2.22. The number of rotatable bonds is 11. The van der Waals surface area contributed by atoms with Crippen LogP contribution in [0.3, 0.4) is 0 Å². The van der Waals surface area contributed by atoms with Gasteiger partial charge in [0.2, 0.25) is 5.91 Å². The van der Waals surface area contributed by atoms with Crippen molar-refractivity contribution in [2.24, 2.45) is 5.41 Å². The Morgan fingerprint density at radius 3 is 2.48 bits per heavy atom. The zero-order valence-electron chi connectivity index (χ0n) is 18.9. The minimum Gasteiger partial charge on any atom is -0.487 e. The Kier molecular flexibility index (Phi) is 7.98. The predicted molar refractivity (Wildman–Crippen MR) is 126 cm³/mol. The molecular weight excluding hydrogens is 423 g/mol. The fraction of sp³-hybridized carbons (Fsp3) is 0.346. The maximum atomic E-state index is 13.5. The average molecular weight is 453 g/mol. The molecule has 0 radical (unpaired) electrons. The van der Waals surface area contributed by atoms with E-state index in [1.807, 2.05) is 26.0 Å². The number of nitrogens with one attached hydrogen (secondary N) is 1. The number of carboxylic acids is 1. The van der Waals surface area contributed by atoms with E-state index in [2.05, 4.69) is 10.3 Å². The van der Waals surface area contributed by atoms with E-state index in [1.165, 1.54) is 12.1 Å². The van der Waals surface area contributed by atoms with Crippen molar-refractivity contribution in [2.75, 3.05) is 5.32 Å². The molecule has 2 N–H and O–H groups in total. The lowest BCUT2D eigenvalue weighted by atomic mass is 9.76. The van der Waals surface area contributed by atoms with E-state index in [0.717, 1.165) is 5.39 Å². The first-order valence-electron chi connectivity index (χ1n) is 11.2. The van der Waals surface area contributed by atoms with Crippen LogP contribution in [-0.4, -0.2) is 22.0 Å². The van der Waals surface area contributed by atoms with Crippen LogP contribution in [0.4, 0.5) is 10.1 Å². The lowest BCUT2D eigenvalue weighted by molar-refractivity contribution is -0.152. The van der Waals surface area contributed by atoms with Gasteiger partial charge in [-0.05, 0) is 43.2 Å². The van der Waals surface area contributed by atoms with Gasteiger partial charge < -0.3 is 15.2 Å². The van der Waals surface area contributed by atoms with Gasteiger partial charge in [-0.1, -0.05) is 38.8 Å². The van der Waals surface area contributed by atoms with Crippen molar-refractivity contribution in [1.82, 2.24) is 4.98 Å². The van der Waals surface area contributed by atoms with Crippen LogP contribution in [0.2, 0.25) is 0 Å². The Morgan fingerprint density at radius 2 is 1.79 bits per heavy atom. The number of pyridine rings is 1. The quantitative estimate of drug-likeness (QED) is 0.375. The van der Waals surface area contributed by atoms with Gasteiger partial charge in [-0.15, -0.1) is 0 Å². The van der Waals surface area contributed by atoms with Gasteiger partial charge in [0.15, 0.2) is 0 Å². The monoisotopic (exact) mass is 452 g/mol. The summed E-state index contributed by atoms with van der Waals surface area (Å²) in [6.45, 7) is 4.03. The van der Waals surface area contributed by atoms with E-state index >= 15 is 0 Å². The van der Waals surface area contributed by atoms with Crippen molar-refractivity contribution in [3.05, 3.63) is 66.1 Å². The van der Waals surface area contributed by atoms with E-state index in [4.69, 9.17) is 4.74 Å². The van der Waals surface area contributed by atoms with Crippen molar-refractivity contribution in [3.8, 4) is 5.75 Å². The van der Waals surface area contributed by atoms with Crippen LogP contribution >= 0.6 is 0 Å². The van der Waals surface area contributed by atoms with Gasteiger partial charge in [-0.25, -0.2) is 9.37 Å². The SMILES string of the molecule is CCCC(CCC)(CC(=O)Nc1cccc(OCc2ccc3ccc(F)cc3n2)c1)C(=O)O. The topological polar surface area (TPSA) is 88.5 Å². The van der Waals surface area contributed by atoms with Gasteiger partial charge in [-0.3, -0.25) is 9.59 Å². The van der Waals surface area contributed by atoms with Gasteiger partial charge in [0.1, 0.15) is 18.2 Å². The Hall–Kier alpha value is -3.48. The van der Waals surface area contributed by atoms with E-state index < -0.39 is 11.4 Å². The van der Waals surface area contributed by atoms with Gasteiger partial charge in [-0.2, -0.15) is 0 Å². The van der Waals surface area contributed by atoms with Crippen molar-refractivity contribution >= 4 is 28.5 Å². The highest BCUT2D eigenvalue weighted by atomic mass is 19.1. The molecule has 3 aromatic rings. The number of carbonyl (C=O) groups excluding carboxylic acids is 1. The maximum Gasteiger partial charge on any atom is 0.310 e. The summed E-state index contributed by atoms with van der Waals surface area (Å²) in [6, 6.07) is 15.0. The second-order valence-corrected chi connectivity index (χ2v) is 8.27. The molecule has 0 fully saturated rings. The highest BCUT2D eigenvalue weighted by molar-refractivity contribution is 5.94. The summed E-state index contributed by atoms with van der Waals surface area (Å²) < 4.78 is 19.3. The second kappa shape index (κ2) is 10.9. The molecule has 0 aliphatic rings. The zero-order valence-corrected chi connectivity index (χ0v) is 18.9. The van der Waals surface area contributed by atoms with Crippen LogP contribution in [0.5, 0.6) is 5.75 Å². The molecule has 1 aromatic heterocycles. The van der Waals surface area contributed by atoms with Crippen LogP contribution < -0.4 is 10.1 Å². The third-order valence-corrected chi connectivity index (χ3v) is 5.63. The zero-order chi connectivity index (χ0) is 23.8. The fourth-order valence-electron chi connectivity index (χ4n) is 4.09. The normalized spacial score (nSPS) is 11.4. The fourth-order valence-corrected chi connectivity index (χ4v) is 4.09. The Morgan fingerprint density at radius 1 is 1.06 bits per heavy atom. The first-order valence-corrected chi connectivity index (χ1v) is 11.2. The van der Waals surface area contributed by atoms with Crippen LogP contribution in [0.1, 0.15) is 51.6 Å². The molecule has 174 valence electrons. The number of carboxylic acid groups (broad SMARTS) is 1.